The molecule has 4 aromatic carbocycles. The Morgan fingerprint density at radius 1 is 0.545 bits per heavy atom. The molecule has 5 aromatic rings. The Labute approximate surface area is 201 Å². The molecule has 1 aromatic heterocycles. The van der Waals surface area contributed by atoms with Gasteiger partial charge in [0.15, 0.2) is 0 Å². The predicted octanol–water partition coefficient (Wildman–Crippen LogP) is 8.06. The number of hydrogen-bond donors (Lipinski definition) is 2. The Morgan fingerprint density at radius 3 is 1.61 bits per heavy atom. The van der Waals surface area contributed by atoms with Crippen LogP contribution in [0.4, 0.5) is 23.1 Å². The molecule has 5 heteroatoms. The maximum Gasteiger partial charge on any atom is 0.229 e. The van der Waals surface area contributed by atoms with E-state index in [4.69, 9.17) is 4.98 Å². The van der Waals surface area contributed by atoms with Gasteiger partial charge in [0.1, 0.15) is 5.82 Å². The maximum atomic E-state index is 4.75. The van der Waals surface area contributed by atoms with E-state index in [0.717, 1.165) is 38.1 Å². The summed E-state index contributed by atoms with van der Waals surface area (Å²) in [6.07, 6.45) is 1.76. The molecule has 33 heavy (non-hydrogen) atoms. The van der Waals surface area contributed by atoms with Crippen molar-refractivity contribution in [1.82, 2.24) is 9.97 Å². The topological polar surface area (TPSA) is 49.8 Å². The summed E-state index contributed by atoms with van der Waals surface area (Å²) in [6, 6.07) is 36.9. The minimum absolute atomic E-state index is 0.515. The SMILES string of the molecule is Brc1cnc(Nc2ccccc2-c2ccccc2)nc1Nc1ccccc1-c1ccccc1. The third kappa shape index (κ3) is 4.78. The van der Waals surface area contributed by atoms with Crippen LogP contribution in [0.5, 0.6) is 0 Å². The lowest BCUT2D eigenvalue weighted by atomic mass is 10.0. The number of hydrogen-bond acceptors (Lipinski definition) is 4. The Morgan fingerprint density at radius 2 is 1.03 bits per heavy atom. The van der Waals surface area contributed by atoms with Crippen molar-refractivity contribution >= 4 is 39.1 Å². The molecule has 0 saturated carbocycles. The second-order valence-electron chi connectivity index (χ2n) is 7.46. The van der Waals surface area contributed by atoms with Crippen LogP contribution in [0.1, 0.15) is 0 Å². The highest BCUT2D eigenvalue weighted by Gasteiger charge is 2.11. The van der Waals surface area contributed by atoms with Gasteiger partial charge in [0, 0.05) is 28.7 Å². The molecule has 0 saturated heterocycles. The molecule has 5 rings (SSSR count). The maximum absolute atomic E-state index is 4.75. The van der Waals surface area contributed by atoms with E-state index in [-0.39, 0.29) is 0 Å². The van der Waals surface area contributed by atoms with E-state index in [9.17, 15) is 0 Å². The van der Waals surface area contributed by atoms with Gasteiger partial charge in [0.05, 0.1) is 4.47 Å². The molecule has 0 atom stereocenters. The van der Waals surface area contributed by atoms with Crippen molar-refractivity contribution in [3.05, 3.63) is 120 Å². The first-order valence-electron chi connectivity index (χ1n) is 10.6. The standard InChI is InChI=1S/C28H21BrN4/c29-24-19-30-28(32-26-18-10-8-16-23(26)21-13-5-2-6-14-21)33-27(24)31-25-17-9-7-15-22(25)20-11-3-1-4-12-20/h1-19H,(H2,30,31,32,33). The fraction of sp³-hybridized carbons (Fsp3) is 0. The van der Waals surface area contributed by atoms with Crippen LogP contribution in [0, 0.1) is 0 Å². The molecular formula is C28H21BrN4. The lowest BCUT2D eigenvalue weighted by molar-refractivity contribution is 1.15. The molecular weight excluding hydrogens is 472 g/mol. The number of aromatic nitrogens is 2. The van der Waals surface area contributed by atoms with Crippen LogP contribution in [0.2, 0.25) is 0 Å². The number of benzene rings is 4. The fourth-order valence-electron chi connectivity index (χ4n) is 3.69. The Hall–Kier alpha value is -3.96. The number of halogens is 1. The molecule has 0 aliphatic rings. The third-order valence-electron chi connectivity index (χ3n) is 5.27. The fourth-order valence-corrected chi connectivity index (χ4v) is 3.98. The van der Waals surface area contributed by atoms with Crippen molar-refractivity contribution in [2.75, 3.05) is 10.6 Å². The molecule has 0 unspecified atom stereocenters. The summed E-state index contributed by atoms with van der Waals surface area (Å²) in [5, 5.41) is 6.86. The van der Waals surface area contributed by atoms with Gasteiger partial charge < -0.3 is 10.6 Å². The second kappa shape index (κ2) is 9.67. The quantitative estimate of drug-likeness (QED) is 0.251. The first kappa shape index (κ1) is 20.9. The van der Waals surface area contributed by atoms with Gasteiger partial charge in [0.2, 0.25) is 5.95 Å². The molecule has 0 spiro atoms. The monoisotopic (exact) mass is 492 g/mol. The lowest BCUT2D eigenvalue weighted by Crippen LogP contribution is -2.03. The average Bonchev–Trinajstić information content (AvgIpc) is 2.88. The normalized spacial score (nSPS) is 10.6. The molecule has 0 bridgehead atoms. The Balaban J connectivity index is 1.46. The highest BCUT2D eigenvalue weighted by atomic mass is 79.9. The molecule has 160 valence electrons. The van der Waals surface area contributed by atoms with Gasteiger partial charge in [-0.25, -0.2) is 4.98 Å². The minimum Gasteiger partial charge on any atom is -0.339 e. The van der Waals surface area contributed by atoms with Crippen molar-refractivity contribution in [3.8, 4) is 22.3 Å². The zero-order valence-electron chi connectivity index (χ0n) is 17.7. The van der Waals surface area contributed by atoms with Gasteiger partial charge in [-0.3, -0.25) is 0 Å². The van der Waals surface area contributed by atoms with Gasteiger partial charge in [-0.1, -0.05) is 97.1 Å². The summed E-state index contributed by atoms with van der Waals surface area (Å²) in [6.45, 7) is 0. The zero-order valence-corrected chi connectivity index (χ0v) is 19.3. The van der Waals surface area contributed by atoms with Crippen LogP contribution in [-0.2, 0) is 0 Å². The van der Waals surface area contributed by atoms with Gasteiger partial charge in [-0.2, -0.15) is 4.98 Å². The number of nitrogens with zero attached hydrogens (tertiary/aromatic N) is 2. The van der Waals surface area contributed by atoms with E-state index in [2.05, 4.69) is 74.0 Å². The van der Waals surface area contributed by atoms with E-state index in [1.54, 1.807) is 6.20 Å². The molecule has 2 N–H and O–H groups in total. The van der Waals surface area contributed by atoms with E-state index in [1.165, 1.54) is 0 Å². The van der Waals surface area contributed by atoms with Gasteiger partial charge in [0.25, 0.3) is 0 Å². The minimum atomic E-state index is 0.515. The summed E-state index contributed by atoms with van der Waals surface area (Å²) < 4.78 is 0.784. The molecule has 0 aliphatic carbocycles. The smallest absolute Gasteiger partial charge is 0.229 e. The Bertz CT molecular complexity index is 1370. The van der Waals surface area contributed by atoms with Crippen molar-refractivity contribution in [2.24, 2.45) is 0 Å². The lowest BCUT2D eigenvalue weighted by Gasteiger charge is -2.15. The van der Waals surface area contributed by atoms with Crippen LogP contribution in [0.25, 0.3) is 22.3 Å². The largest absolute Gasteiger partial charge is 0.339 e. The molecule has 4 nitrogen and oxygen atoms in total. The van der Waals surface area contributed by atoms with Crippen molar-refractivity contribution < 1.29 is 0 Å². The van der Waals surface area contributed by atoms with E-state index >= 15 is 0 Å². The third-order valence-corrected chi connectivity index (χ3v) is 5.85. The van der Waals surface area contributed by atoms with E-state index < -0.39 is 0 Å². The van der Waals surface area contributed by atoms with Gasteiger partial charge >= 0.3 is 0 Å². The second-order valence-corrected chi connectivity index (χ2v) is 8.32. The number of para-hydroxylation sites is 2. The van der Waals surface area contributed by atoms with Crippen LogP contribution < -0.4 is 10.6 Å². The highest BCUT2D eigenvalue weighted by molar-refractivity contribution is 9.10. The average molecular weight is 493 g/mol. The molecule has 0 fully saturated rings. The first-order valence-corrected chi connectivity index (χ1v) is 11.4. The van der Waals surface area contributed by atoms with E-state index in [1.807, 2.05) is 66.7 Å². The summed E-state index contributed by atoms with van der Waals surface area (Å²) in [7, 11) is 0. The van der Waals surface area contributed by atoms with Gasteiger partial charge in [-0.15, -0.1) is 0 Å². The summed E-state index contributed by atoms with van der Waals surface area (Å²) in [5.41, 5.74) is 6.38. The van der Waals surface area contributed by atoms with Crippen molar-refractivity contribution in [2.45, 2.75) is 0 Å². The molecule has 1 heterocycles. The number of nitrogens with one attached hydrogen (secondary N) is 2. The highest BCUT2D eigenvalue weighted by Crippen LogP contribution is 2.33. The first-order chi connectivity index (χ1) is 16.3. The van der Waals surface area contributed by atoms with Crippen LogP contribution >= 0.6 is 15.9 Å². The predicted molar refractivity (Wildman–Crippen MR) is 140 cm³/mol. The van der Waals surface area contributed by atoms with Crippen molar-refractivity contribution in [3.63, 3.8) is 0 Å². The number of rotatable bonds is 6. The number of anilines is 4. The Kier molecular flexibility index (Phi) is 6.13. The van der Waals surface area contributed by atoms with Gasteiger partial charge in [-0.05, 0) is 39.2 Å². The van der Waals surface area contributed by atoms with Crippen LogP contribution in [0.3, 0.4) is 0 Å². The summed E-state index contributed by atoms with van der Waals surface area (Å²) in [5.74, 6) is 1.20. The zero-order chi connectivity index (χ0) is 22.5. The van der Waals surface area contributed by atoms with E-state index in [0.29, 0.717) is 11.8 Å². The van der Waals surface area contributed by atoms with Crippen molar-refractivity contribution in [1.29, 1.82) is 0 Å². The molecule has 0 amide bonds. The van der Waals surface area contributed by atoms with Crippen LogP contribution in [-0.4, -0.2) is 9.97 Å². The molecule has 0 aliphatic heterocycles. The summed E-state index contributed by atoms with van der Waals surface area (Å²) in [4.78, 5) is 9.23. The molecule has 0 radical (unpaired) electrons. The van der Waals surface area contributed by atoms with Crippen LogP contribution in [0.15, 0.2) is 120 Å². The summed E-state index contributed by atoms with van der Waals surface area (Å²) >= 11 is 3.59.